The van der Waals surface area contributed by atoms with Gasteiger partial charge in [-0.05, 0) is 52.7 Å². The second-order valence-corrected chi connectivity index (χ2v) is 8.12. The third-order valence-electron chi connectivity index (χ3n) is 4.62. The molecule has 2 atom stereocenters. The lowest BCUT2D eigenvalue weighted by atomic mass is 9.90. The molecule has 5 nitrogen and oxygen atoms in total. The second-order valence-electron chi connectivity index (χ2n) is 8.12. The highest BCUT2D eigenvalue weighted by atomic mass is 16.5. The van der Waals surface area contributed by atoms with Crippen molar-refractivity contribution in [1.82, 2.24) is 0 Å². The molecular formula is C21H32O5. The smallest absolute Gasteiger partial charge is 0.311 e. The van der Waals surface area contributed by atoms with E-state index in [1.54, 1.807) is 40.7 Å². The van der Waals surface area contributed by atoms with Crippen molar-refractivity contribution in [2.75, 3.05) is 6.61 Å². The maximum atomic E-state index is 12.9. The molecular weight excluding hydrogens is 332 g/mol. The highest BCUT2D eigenvalue weighted by Gasteiger charge is 2.44. The predicted molar refractivity (Wildman–Crippen MR) is 100 cm³/mol. The number of ether oxygens (including phenoxy) is 2. The molecule has 0 fully saturated rings. The van der Waals surface area contributed by atoms with Crippen LogP contribution < -0.4 is 0 Å². The van der Waals surface area contributed by atoms with Crippen LogP contribution in [0.3, 0.4) is 0 Å². The number of hydrogen-bond acceptors (Lipinski definition) is 5. The molecule has 26 heavy (non-hydrogen) atoms. The Morgan fingerprint density at radius 1 is 1.27 bits per heavy atom. The fraction of sp³-hybridized carbons (Fsp3) is 0.667. The first kappa shape index (κ1) is 22.1. The fourth-order valence-electron chi connectivity index (χ4n) is 2.73. The van der Waals surface area contributed by atoms with Gasteiger partial charge in [0.2, 0.25) is 5.78 Å². The minimum atomic E-state index is -1.23. The molecule has 0 bridgehead atoms. The first-order chi connectivity index (χ1) is 11.9. The van der Waals surface area contributed by atoms with Gasteiger partial charge >= 0.3 is 5.97 Å². The van der Waals surface area contributed by atoms with E-state index in [1.165, 1.54) is 0 Å². The SMILES string of the molecule is CCC1=C(COC(=O)C(C)(C)C)C(=O)C(C)(/C=C(\C)C(=O)C(C)CC)O1. The van der Waals surface area contributed by atoms with Crippen molar-refractivity contribution in [2.24, 2.45) is 11.3 Å². The van der Waals surface area contributed by atoms with E-state index in [0.717, 1.165) is 6.42 Å². The van der Waals surface area contributed by atoms with Crippen LogP contribution in [0.15, 0.2) is 23.0 Å². The zero-order chi connectivity index (χ0) is 20.3. The fourth-order valence-corrected chi connectivity index (χ4v) is 2.73. The number of carbonyl (C=O) groups is 3. The Hall–Kier alpha value is -1.91. The number of esters is 1. The summed E-state index contributed by atoms with van der Waals surface area (Å²) in [5.74, 6) is -0.208. The Balaban J connectivity index is 3.02. The topological polar surface area (TPSA) is 69.7 Å². The van der Waals surface area contributed by atoms with Crippen LogP contribution in [0.25, 0.3) is 0 Å². The summed E-state index contributed by atoms with van der Waals surface area (Å²) in [4.78, 5) is 37.3. The minimum Gasteiger partial charge on any atom is -0.479 e. The van der Waals surface area contributed by atoms with Crippen LogP contribution in [0.4, 0.5) is 0 Å². The summed E-state index contributed by atoms with van der Waals surface area (Å²) in [6.45, 7) is 14.2. The number of hydrogen-bond donors (Lipinski definition) is 0. The lowest BCUT2D eigenvalue weighted by Gasteiger charge is -2.21. The summed E-state index contributed by atoms with van der Waals surface area (Å²) >= 11 is 0. The third-order valence-corrected chi connectivity index (χ3v) is 4.62. The quantitative estimate of drug-likeness (QED) is 0.501. The molecule has 0 aromatic heterocycles. The van der Waals surface area contributed by atoms with Gasteiger partial charge in [0.05, 0.1) is 11.0 Å². The van der Waals surface area contributed by atoms with Crippen molar-refractivity contribution in [2.45, 2.75) is 73.8 Å². The third kappa shape index (κ3) is 4.83. The summed E-state index contributed by atoms with van der Waals surface area (Å²) in [5.41, 5.74) is -0.994. The Labute approximate surface area is 156 Å². The van der Waals surface area contributed by atoms with Gasteiger partial charge in [-0.25, -0.2) is 0 Å². The van der Waals surface area contributed by atoms with Gasteiger partial charge in [-0.1, -0.05) is 20.8 Å². The van der Waals surface area contributed by atoms with Crippen LogP contribution in [0, 0.1) is 11.3 Å². The van der Waals surface area contributed by atoms with Crippen LogP contribution in [-0.4, -0.2) is 29.7 Å². The van der Waals surface area contributed by atoms with Crippen LogP contribution in [0.1, 0.15) is 68.2 Å². The monoisotopic (exact) mass is 364 g/mol. The van der Waals surface area contributed by atoms with Gasteiger partial charge in [0.25, 0.3) is 0 Å². The van der Waals surface area contributed by atoms with E-state index in [4.69, 9.17) is 9.47 Å². The zero-order valence-corrected chi connectivity index (χ0v) is 17.3. The lowest BCUT2D eigenvalue weighted by molar-refractivity contribution is -0.152. The number of ketones is 2. The number of carbonyl (C=O) groups excluding carboxylic acids is 3. The molecule has 0 saturated heterocycles. The summed E-state index contributed by atoms with van der Waals surface area (Å²) in [6, 6.07) is 0. The van der Waals surface area contributed by atoms with Gasteiger partial charge in [0.15, 0.2) is 11.4 Å². The molecule has 0 N–H and O–H groups in total. The molecule has 146 valence electrons. The molecule has 0 spiro atoms. The first-order valence-electron chi connectivity index (χ1n) is 9.24. The van der Waals surface area contributed by atoms with Crippen molar-refractivity contribution in [3.05, 3.63) is 23.0 Å². The maximum absolute atomic E-state index is 12.9. The van der Waals surface area contributed by atoms with Gasteiger partial charge in [-0.3, -0.25) is 14.4 Å². The van der Waals surface area contributed by atoms with Crippen molar-refractivity contribution in [3.63, 3.8) is 0 Å². The first-order valence-corrected chi connectivity index (χ1v) is 9.24. The maximum Gasteiger partial charge on any atom is 0.311 e. The predicted octanol–water partition coefficient (Wildman–Crippen LogP) is 4.16. The van der Waals surface area contributed by atoms with Crippen molar-refractivity contribution in [1.29, 1.82) is 0 Å². The van der Waals surface area contributed by atoms with Crippen molar-refractivity contribution < 1.29 is 23.9 Å². The molecule has 2 unspecified atom stereocenters. The Morgan fingerprint density at radius 3 is 2.31 bits per heavy atom. The summed E-state index contributed by atoms with van der Waals surface area (Å²) in [6.07, 6.45) is 2.84. The van der Waals surface area contributed by atoms with E-state index in [-0.39, 0.29) is 30.1 Å². The average Bonchev–Trinajstić information content (AvgIpc) is 2.80. The lowest BCUT2D eigenvalue weighted by Crippen LogP contribution is -2.34. The average molecular weight is 364 g/mol. The summed E-state index contributed by atoms with van der Waals surface area (Å²) < 4.78 is 11.2. The standard InChI is InChI=1S/C21H32O5/c1-9-13(3)17(22)14(4)11-21(8)18(23)15(16(10-2)26-21)12-25-19(24)20(5,6)7/h11,13H,9-10,12H2,1-8H3/b14-11+. The minimum absolute atomic E-state index is 0.00999. The second kappa shape index (κ2) is 8.19. The van der Waals surface area contributed by atoms with Crippen LogP contribution >= 0.6 is 0 Å². The number of allylic oxidation sites excluding steroid dienone is 2. The van der Waals surface area contributed by atoms with E-state index in [9.17, 15) is 14.4 Å². The normalized spacial score (nSPS) is 22.3. The van der Waals surface area contributed by atoms with Crippen LogP contribution in [0.2, 0.25) is 0 Å². The molecule has 0 radical (unpaired) electrons. The van der Waals surface area contributed by atoms with Gasteiger partial charge in [-0.2, -0.15) is 0 Å². The van der Waals surface area contributed by atoms with Gasteiger partial charge in [0, 0.05) is 12.3 Å². The molecule has 1 rings (SSSR count). The largest absolute Gasteiger partial charge is 0.479 e. The van der Waals surface area contributed by atoms with Crippen LogP contribution in [-0.2, 0) is 23.9 Å². The molecule has 0 aliphatic carbocycles. The molecule has 1 aliphatic heterocycles. The molecule has 0 aromatic carbocycles. The van der Waals surface area contributed by atoms with Gasteiger partial charge in [0.1, 0.15) is 12.4 Å². The Bertz CT molecular complexity index is 648. The molecule has 5 heteroatoms. The summed E-state index contributed by atoms with van der Waals surface area (Å²) in [7, 11) is 0. The van der Waals surface area contributed by atoms with Gasteiger partial charge in [-0.15, -0.1) is 0 Å². The van der Waals surface area contributed by atoms with E-state index in [1.807, 2.05) is 20.8 Å². The van der Waals surface area contributed by atoms with Crippen molar-refractivity contribution in [3.8, 4) is 0 Å². The van der Waals surface area contributed by atoms with E-state index >= 15 is 0 Å². The Kier molecular flexibility index (Phi) is 6.97. The van der Waals surface area contributed by atoms with Crippen molar-refractivity contribution >= 4 is 17.5 Å². The van der Waals surface area contributed by atoms with E-state index < -0.39 is 11.0 Å². The molecule has 1 heterocycles. The van der Waals surface area contributed by atoms with Gasteiger partial charge < -0.3 is 9.47 Å². The molecule has 1 aliphatic rings. The van der Waals surface area contributed by atoms with E-state index in [0.29, 0.717) is 23.3 Å². The Morgan fingerprint density at radius 2 is 1.85 bits per heavy atom. The molecule has 0 amide bonds. The number of rotatable bonds is 7. The highest BCUT2D eigenvalue weighted by molar-refractivity contribution is 6.07. The summed E-state index contributed by atoms with van der Waals surface area (Å²) in [5, 5.41) is 0. The highest BCUT2D eigenvalue weighted by Crippen LogP contribution is 2.35. The molecule has 0 saturated carbocycles. The number of Topliss-reactive ketones (excluding diaryl/α,β-unsaturated/α-hetero) is 2. The van der Waals surface area contributed by atoms with E-state index in [2.05, 4.69) is 0 Å². The zero-order valence-electron chi connectivity index (χ0n) is 17.3. The molecule has 0 aromatic rings. The van der Waals surface area contributed by atoms with Crippen LogP contribution in [0.5, 0.6) is 0 Å².